The smallest absolute Gasteiger partial charge is 0.243 e. The van der Waals surface area contributed by atoms with Crippen molar-refractivity contribution >= 4 is 11.8 Å². The van der Waals surface area contributed by atoms with Gasteiger partial charge in [-0.15, -0.1) is 0 Å². The van der Waals surface area contributed by atoms with Crippen LogP contribution in [0.1, 0.15) is 45.4 Å². The fourth-order valence-corrected chi connectivity index (χ4v) is 3.38. The second kappa shape index (κ2) is 7.92. The van der Waals surface area contributed by atoms with Crippen LogP contribution in [-0.4, -0.2) is 55.1 Å². The minimum absolute atomic E-state index is 0.0628. The van der Waals surface area contributed by atoms with Crippen molar-refractivity contribution in [3.8, 4) is 0 Å². The van der Waals surface area contributed by atoms with Gasteiger partial charge in [-0.3, -0.25) is 14.5 Å². The number of morpholine rings is 1. The number of nitrogens with one attached hydrogen (secondary N) is 1. The van der Waals surface area contributed by atoms with E-state index in [2.05, 4.69) is 10.2 Å². The van der Waals surface area contributed by atoms with Crippen LogP contribution in [0.4, 0.5) is 0 Å². The zero-order valence-corrected chi connectivity index (χ0v) is 13.6. The maximum atomic E-state index is 12.5. The van der Waals surface area contributed by atoms with E-state index in [4.69, 9.17) is 10.5 Å². The first-order valence-electron chi connectivity index (χ1n) is 8.45. The third kappa shape index (κ3) is 4.43. The van der Waals surface area contributed by atoms with Gasteiger partial charge in [0.15, 0.2) is 0 Å². The lowest BCUT2D eigenvalue weighted by Crippen LogP contribution is -2.59. The predicted molar refractivity (Wildman–Crippen MR) is 84.2 cm³/mol. The molecule has 22 heavy (non-hydrogen) atoms. The molecule has 2 fully saturated rings. The summed E-state index contributed by atoms with van der Waals surface area (Å²) in [6.45, 7) is 5.77. The van der Waals surface area contributed by atoms with Crippen LogP contribution in [0.2, 0.25) is 0 Å². The molecule has 3 N–H and O–H groups in total. The van der Waals surface area contributed by atoms with Gasteiger partial charge in [-0.1, -0.05) is 32.6 Å². The summed E-state index contributed by atoms with van der Waals surface area (Å²) in [4.78, 5) is 26.7. The number of ether oxygens (including phenoxy) is 1. The number of primary amides is 1. The van der Waals surface area contributed by atoms with Crippen LogP contribution in [0, 0.1) is 5.92 Å². The van der Waals surface area contributed by atoms with E-state index in [0.717, 1.165) is 52.0 Å². The molecule has 1 saturated carbocycles. The van der Waals surface area contributed by atoms with E-state index < -0.39 is 5.54 Å². The molecule has 0 spiro atoms. The van der Waals surface area contributed by atoms with Gasteiger partial charge in [0, 0.05) is 25.6 Å². The van der Waals surface area contributed by atoms with Crippen molar-refractivity contribution in [2.45, 2.75) is 51.0 Å². The van der Waals surface area contributed by atoms with Crippen LogP contribution >= 0.6 is 0 Å². The molecular formula is C16H29N3O3. The summed E-state index contributed by atoms with van der Waals surface area (Å²) in [6, 6.07) is 0. The van der Waals surface area contributed by atoms with Gasteiger partial charge < -0.3 is 15.8 Å². The highest BCUT2D eigenvalue weighted by Crippen LogP contribution is 2.27. The topological polar surface area (TPSA) is 84.7 Å². The van der Waals surface area contributed by atoms with E-state index in [9.17, 15) is 9.59 Å². The quantitative estimate of drug-likeness (QED) is 0.730. The van der Waals surface area contributed by atoms with Gasteiger partial charge in [0.05, 0.1) is 13.2 Å². The monoisotopic (exact) mass is 311 g/mol. The van der Waals surface area contributed by atoms with Crippen LogP contribution in [0.15, 0.2) is 0 Å². The SMILES string of the molecule is CC(CN1CCOCC1)C(=O)NC1(C(N)=O)CCCCCC1. The Morgan fingerprint density at radius 3 is 2.32 bits per heavy atom. The van der Waals surface area contributed by atoms with Crippen LogP contribution < -0.4 is 11.1 Å². The first kappa shape index (κ1) is 17.2. The van der Waals surface area contributed by atoms with Crippen molar-refractivity contribution in [2.75, 3.05) is 32.8 Å². The number of nitrogens with zero attached hydrogens (tertiary/aromatic N) is 1. The van der Waals surface area contributed by atoms with Gasteiger partial charge in [0.25, 0.3) is 0 Å². The average molecular weight is 311 g/mol. The second-order valence-electron chi connectivity index (χ2n) is 6.66. The molecule has 1 aliphatic heterocycles. The number of amides is 2. The highest BCUT2D eigenvalue weighted by molar-refractivity contribution is 5.91. The average Bonchev–Trinajstić information content (AvgIpc) is 2.75. The second-order valence-corrected chi connectivity index (χ2v) is 6.66. The Kier molecular flexibility index (Phi) is 6.20. The van der Waals surface area contributed by atoms with Crippen molar-refractivity contribution in [1.29, 1.82) is 0 Å². The Bertz CT molecular complexity index is 386. The van der Waals surface area contributed by atoms with Crippen molar-refractivity contribution in [1.82, 2.24) is 10.2 Å². The number of rotatable bonds is 5. The maximum absolute atomic E-state index is 12.5. The number of hydrogen-bond donors (Lipinski definition) is 2. The minimum Gasteiger partial charge on any atom is -0.379 e. The van der Waals surface area contributed by atoms with Crippen molar-refractivity contribution in [2.24, 2.45) is 11.7 Å². The van der Waals surface area contributed by atoms with E-state index in [-0.39, 0.29) is 17.7 Å². The zero-order valence-electron chi connectivity index (χ0n) is 13.6. The molecule has 2 aliphatic rings. The molecule has 1 saturated heterocycles. The van der Waals surface area contributed by atoms with Crippen molar-refractivity contribution in [3.05, 3.63) is 0 Å². The summed E-state index contributed by atoms with van der Waals surface area (Å²) < 4.78 is 5.32. The summed E-state index contributed by atoms with van der Waals surface area (Å²) in [7, 11) is 0. The number of nitrogens with two attached hydrogens (primary N) is 1. The Balaban J connectivity index is 1.93. The van der Waals surface area contributed by atoms with E-state index in [1.54, 1.807) is 0 Å². The summed E-state index contributed by atoms with van der Waals surface area (Å²) in [6.07, 6.45) is 5.43. The fourth-order valence-electron chi connectivity index (χ4n) is 3.38. The van der Waals surface area contributed by atoms with Gasteiger partial charge in [0.2, 0.25) is 11.8 Å². The van der Waals surface area contributed by atoms with Crippen LogP contribution in [0.3, 0.4) is 0 Å². The Morgan fingerprint density at radius 1 is 1.18 bits per heavy atom. The van der Waals surface area contributed by atoms with E-state index in [1.165, 1.54) is 0 Å². The molecule has 0 radical (unpaired) electrons. The molecule has 1 aliphatic carbocycles. The molecule has 6 nitrogen and oxygen atoms in total. The lowest BCUT2D eigenvalue weighted by molar-refractivity contribution is -0.134. The molecule has 1 unspecified atom stereocenters. The third-order valence-corrected chi connectivity index (χ3v) is 4.87. The Hall–Kier alpha value is -1.14. The van der Waals surface area contributed by atoms with Crippen LogP contribution in [-0.2, 0) is 14.3 Å². The van der Waals surface area contributed by atoms with Crippen molar-refractivity contribution < 1.29 is 14.3 Å². The van der Waals surface area contributed by atoms with Gasteiger partial charge >= 0.3 is 0 Å². The third-order valence-electron chi connectivity index (χ3n) is 4.87. The summed E-state index contributed by atoms with van der Waals surface area (Å²) in [5.74, 6) is -0.605. The highest BCUT2D eigenvalue weighted by atomic mass is 16.5. The van der Waals surface area contributed by atoms with E-state index >= 15 is 0 Å². The predicted octanol–water partition coefficient (Wildman–Crippen LogP) is 0.649. The molecule has 0 aromatic rings. The van der Waals surface area contributed by atoms with E-state index in [1.807, 2.05) is 6.92 Å². The highest BCUT2D eigenvalue weighted by Gasteiger charge is 2.39. The van der Waals surface area contributed by atoms with Crippen LogP contribution in [0.25, 0.3) is 0 Å². The zero-order chi connectivity index (χ0) is 16.0. The first-order chi connectivity index (χ1) is 10.5. The standard InChI is InChI=1S/C16H29N3O3/c1-13(12-19-8-10-22-11-9-19)14(20)18-16(15(17)21)6-4-2-3-5-7-16/h13H,2-12H2,1H3,(H2,17,21)(H,18,20). The lowest BCUT2D eigenvalue weighted by Gasteiger charge is -2.33. The molecule has 6 heteroatoms. The maximum Gasteiger partial charge on any atom is 0.243 e. The lowest BCUT2D eigenvalue weighted by atomic mass is 9.88. The molecular weight excluding hydrogens is 282 g/mol. The summed E-state index contributed by atoms with van der Waals surface area (Å²) >= 11 is 0. The van der Waals surface area contributed by atoms with E-state index in [0.29, 0.717) is 19.4 Å². The largest absolute Gasteiger partial charge is 0.379 e. The minimum atomic E-state index is -0.840. The molecule has 2 rings (SSSR count). The number of carbonyl (C=O) groups excluding carboxylic acids is 2. The molecule has 126 valence electrons. The summed E-state index contributed by atoms with van der Waals surface area (Å²) in [5.41, 5.74) is 4.78. The van der Waals surface area contributed by atoms with Crippen molar-refractivity contribution in [3.63, 3.8) is 0 Å². The van der Waals surface area contributed by atoms with Crippen LogP contribution in [0.5, 0.6) is 0 Å². The molecule has 0 aromatic heterocycles. The molecule has 2 amide bonds. The normalized spacial score (nSPS) is 24.2. The summed E-state index contributed by atoms with van der Waals surface area (Å²) in [5, 5.41) is 2.99. The Morgan fingerprint density at radius 2 is 1.77 bits per heavy atom. The number of hydrogen-bond acceptors (Lipinski definition) is 4. The molecule has 0 bridgehead atoms. The Labute approximate surface area is 132 Å². The van der Waals surface area contributed by atoms with Gasteiger partial charge in [-0.25, -0.2) is 0 Å². The van der Waals surface area contributed by atoms with Gasteiger partial charge in [-0.2, -0.15) is 0 Å². The molecule has 1 heterocycles. The molecule has 0 aromatic carbocycles. The number of carbonyl (C=O) groups is 2. The molecule has 1 atom stereocenters. The first-order valence-corrected chi connectivity index (χ1v) is 8.45. The van der Waals surface area contributed by atoms with Gasteiger partial charge in [-0.05, 0) is 12.8 Å². The van der Waals surface area contributed by atoms with Gasteiger partial charge in [0.1, 0.15) is 5.54 Å². The fraction of sp³-hybridized carbons (Fsp3) is 0.875.